The van der Waals surface area contributed by atoms with Gasteiger partial charge >= 0.3 is 0 Å². The number of benzene rings is 2. The highest BCUT2D eigenvalue weighted by atomic mass is 16.5. The fraction of sp³-hybridized carbons (Fsp3) is 0.419. The number of ether oxygens (including phenoxy) is 2. The normalized spacial score (nSPS) is 21.7. The molecule has 9 heteroatoms. The van der Waals surface area contributed by atoms with Crippen molar-refractivity contribution in [2.24, 2.45) is 0 Å². The van der Waals surface area contributed by atoms with E-state index in [1.165, 1.54) is 0 Å². The number of hydrogen-bond donors (Lipinski definition) is 1. The molecule has 1 aromatic heterocycles. The SMILES string of the molecule is COC(C)(C)c1ccc2cc(CN3CCC(Oc4ccc5c(c4)CN(C4CCC(=O)NC4=O)C5=O)C3)ncc2c1. The van der Waals surface area contributed by atoms with E-state index in [1.54, 1.807) is 18.1 Å². The van der Waals surface area contributed by atoms with Crippen LogP contribution < -0.4 is 10.1 Å². The molecule has 3 aliphatic rings. The van der Waals surface area contributed by atoms with Crippen LogP contribution in [0.3, 0.4) is 0 Å². The molecule has 9 nitrogen and oxygen atoms in total. The number of nitrogens with one attached hydrogen (secondary N) is 1. The van der Waals surface area contributed by atoms with Gasteiger partial charge in [0.2, 0.25) is 11.8 Å². The number of methoxy groups -OCH3 is 1. The highest BCUT2D eigenvalue weighted by Gasteiger charge is 2.39. The molecule has 2 unspecified atom stereocenters. The highest BCUT2D eigenvalue weighted by molar-refractivity contribution is 6.05. The molecule has 2 atom stereocenters. The molecule has 3 aliphatic heterocycles. The van der Waals surface area contributed by atoms with E-state index in [0.29, 0.717) is 18.5 Å². The smallest absolute Gasteiger partial charge is 0.255 e. The fourth-order valence-electron chi connectivity index (χ4n) is 5.85. The summed E-state index contributed by atoms with van der Waals surface area (Å²) in [7, 11) is 1.72. The van der Waals surface area contributed by atoms with Gasteiger partial charge in [-0.05, 0) is 73.5 Å². The van der Waals surface area contributed by atoms with Crippen LogP contribution >= 0.6 is 0 Å². The second-order valence-electron chi connectivity index (χ2n) is 11.4. The van der Waals surface area contributed by atoms with Crippen LogP contribution in [0, 0.1) is 0 Å². The number of pyridine rings is 1. The van der Waals surface area contributed by atoms with E-state index in [-0.39, 0.29) is 29.9 Å². The minimum Gasteiger partial charge on any atom is -0.489 e. The van der Waals surface area contributed by atoms with Crippen molar-refractivity contribution in [1.82, 2.24) is 20.1 Å². The van der Waals surface area contributed by atoms with Gasteiger partial charge in [-0.15, -0.1) is 0 Å². The number of likely N-dealkylation sites (tertiary alicyclic amines) is 1. The summed E-state index contributed by atoms with van der Waals surface area (Å²) < 4.78 is 11.9. The van der Waals surface area contributed by atoms with Gasteiger partial charge in [0.05, 0.1) is 11.3 Å². The maximum atomic E-state index is 13.0. The predicted octanol–water partition coefficient (Wildman–Crippen LogP) is 3.53. The van der Waals surface area contributed by atoms with E-state index >= 15 is 0 Å². The summed E-state index contributed by atoms with van der Waals surface area (Å²) in [4.78, 5) is 45.4. The second-order valence-corrected chi connectivity index (χ2v) is 11.4. The molecule has 3 amide bonds. The van der Waals surface area contributed by atoms with Crippen LogP contribution in [0.5, 0.6) is 5.75 Å². The zero-order valence-corrected chi connectivity index (χ0v) is 23.1. The number of nitrogens with zero attached hydrogens (tertiary/aromatic N) is 3. The fourth-order valence-corrected chi connectivity index (χ4v) is 5.85. The molecule has 2 aromatic carbocycles. The number of aromatic nitrogens is 1. The van der Waals surface area contributed by atoms with Gasteiger partial charge in [0.15, 0.2) is 0 Å². The Morgan fingerprint density at radius 2 is 1.90 bits per heavy atom. The van der Waals surface area contributed by atoms with Gasteiger partial charge < -0.3 is 14.4 Å². The van der Waals surface area contributed by atoms with E-state index in [1.807, 2.05) is 18.3 Å². The van der Waals surface area contributed by atoms with E-state index in [0.717, 1.165) is 59.4 Å². The van der Waals surface area contributed by atoms with Gasteiger partial charge in [-0.2, -0.15) is 0 Å². The molecular weight excluding hydrogens is 508 g/mol. The topological polar surface area (TPSA) is 101 Å². The third-order valence-corrected chi connectivity index (χ3v) is 8.40. The molecule has 0 aliphatic carbocycles. The Balaban J connectivity index is 1.07. The van der Waals surface area contributed by atoms with Crippen molar-refractivity contribution in [1.29, 1.82) is 0 Å². The van der Waals surface area contributed by atoms with Gasteiger partial charge in [0, 0.05) is 56.9 Å². The van der Waals surface area contributed by atoms with Gasteiger partial charge in [0.1, 0.15) is 17.9 Å². The number of carbonyl (C=O) groups excluding carboxylic acids is 3. The largest absolute Gasteiger partial charge is 0.489 e. The number of imide groups is 1. The molecule has 6 rings (SSSR count). The summed E-state index contributed by atoms with van der Waals surface area (Å²) in [5.74, 6) is -0.142. The third kappa shape index (κ3) is 5.07. The van der Waals surface area contributed by atoms with Gasteiger partial charge in [-0.25, -0.2) is 0 Å². The summed E-state index contributed by atoms with van der Waals surface area (Å²) in [6.45, 7) is 6.91. The van der Waals surface area contributed by atoms with Gasteiger partial charge in [-0.3, -0.25) is 29.6 Å². The van der Waals surface area contributed by atoms with Gasteiger partial charge in [0.25, 0.3) is 5.91 Å². The Morgan fingerprint density at radius 1 is 1.05 bits per heavy atom. The Bertz CT molecular complexity index is 1500. The first kappa shape index (κ1) is 26.4. The summed E-state index contributed by atoms with van der Waals surface area (Å²) in [5.41, 5.74) is 3.23. The Hall–Kier alpha value is -3.82. The maximum absolute atomic E-state index is 13.0. The van der Waals surface area contributed by atoms with E-state index < -0.39 is 11.9 Å². The standard InChI is InChI=1S/C31H34N4O5/c1-31(2,39-3)22-5-4-19-13-23(32-15-20(19)12-22)17-34-11-10-25(18-34)40-24-6-7-26-21(14-24)16-35(30(26)38)27-8-9-28(36)33-29(27)37/h4-7,12-15,25,27H,8-11,16-18H2,1-3H3,(H,33,36,37). The Labute approximate surface area is 233 Å². The molecule has 2 fully saturated rings. The predicted molar refractivity (Wildman–Crippen MR) is 149 cm³/mol. The third-order valence-electron chi connectivity index (χ3n) is 8.40. The minimum atomic E-state index is -0.617. The zero-order chi connectivity index (χ0) is 28.0. The van der Waals surface area contributed by atoms with Crippen LogP contribution in [0.1, 0.15) is 60.3 Å². The van der Waals surface area contributed by atoms with Crippen LogP contribution in [0.15, 0.2) is 48.7 Å². The number of amides is 3. The van der Waals surface area contributed by atoms with Crippen molar-refractivity contribution in [2.45, 2.75) is 63.9 Å². The van der Waals surface area contributed by atoms with Crippen molar-refractivity contribution in [2.75, 3.05) is 20.2 Å². The monoisotopic (exact) mass is 542 g/mol. The summed E-state index contributed by atoms with van der Waals surface area (Å²) in [6, 6.07) is 13.4. The van der Waals surface area contributed by atoms with Crippen molar-refractivity contribution >= 4 is 28.5 Å². The van der Waals surface area contributed by atoms with Crippen molar-refractivity contribution < 1.29 is 23.9 Å². The summed E-state index contributed by atoms with van der Waals surface area (Å²) in [6.07, 6.45) is 3.48. The number of rotatable bonds is 7. The molecule has 2 saturated heterocycles. The Morgan fingerprint density at radius 3 is 2.70 bits per heavy atom. The highest BCUT2D eigenvalue weighted by Crippen LogP contribution is 2.32. The molecule has 40 heavy (non-hydrogen) atoms. The first-order chi connectivity index (χ1) is 19.2. The number of piperidine rings is 1. The average molecular weight is 543 g/mol. The lowest BCUT2D eigenvalue weighted by Crippen LogP contribution is -2.52. The van der Waals surface area contributed by atoms with E-state index in [9.17, 15) is 14.4 Å². The number of fused-ring (bicyclic) bond motifs is 2. The molecule has 0 bridgehead atoms. The molecule has 0 spiro atoms. The average Bonchev–Trinajstić information content (AvgIpc) is 3.51. The first-order valence-corrected chi connectivity index (χ1v) is 13.8. The molecule has 0 radical (unpaired) electrons. The molecule has 208 valence electrons. The van der Waals surface area contributed by atoms with Crippen molar-refractivity contribution in [3.8, 4) is 5.75 Å². The van der Waals surface area contributed by atoms with Crippen molar-refractivity contribution in [3.63, 3.8) is 0 Å². The zero-order valence-electron chi connectivity index (χ0n) is 23.1. The summed E-state index contributed by atoms with van der Waals surface area (Å²) in [5, 5.41) is 4.60. The van der Waals surface area contributed by atoms with Crippen LogP contribution in [-0.2, 0) is 33.0 Å². The van der Waals surface area contributed by atoms with Crippen LogP contribution in [0.25, 0.3) is 10.8 Å². The lowest BCUT2D eigenvalue weighted by molar-refractivity contribution is -0.136. The molecule has 4 heterocycles. The lowest BCUT2D eigenvalue weighted by atomic mass is 9.95. The molecule has 3 aromatic rings. The maximum Gasteiger partial charge on any atom is 0.255 e. The van der Waals surface area contributed by atoms with E-state index in [4.69, 9.17) is 14.5 Å². The second kappa shape index (κ2) is 10.3. The lowest BCUT2D eigenvalue weighted by Gasteiger charge is -2.29. The molecular formula is C31H34N4O5. The quantitative estimate of drug-likeness (QED) is 0.456. The van der Waals surface area contributed by atoms with Crippen LogP contribution in [0.4, 0.5) is 0 Å². The van der Waals surface area contributed by atoms with E-state index in [2.05, 4.69) is 48.3 Å². The summed E-state index contributed by atoms with van der Waals surface area (Å²) >= 11 is 0. The molecule has 1 N–H and O–H groups in total. The number of hydrogen-bond acceptors (Lipinski definition) is 7. The Kier molecular flexibility index (Phi) is 6.80. The van der Waals surface area contributed by atoms with Crippen LogP contribution in [0.2, 0.25) is 0 Å². The van der Waals surface area contributed by atoms with Gasteiger partial charge in [-0.1, -0.05) is 12.1 Å². The number of carbonyl (C=O) groups is 3. The van der Waals surface area contributed by atoms with Crippen molar-refractivity contribution in [3.05, 3.63) is 71.0 Å². The van der Waals surface area contributed by atoms with Crippen LogP contribution in [-0.4, -0.2) is 64.9 Å². The first-order valence-electron chi connectivity index (χ1n) is 13.8. The minimum absolute atomic E-state index is 0.0423. The molecule has 0 saturated carbocycles.